The molecule has 1 saturated heterocycles. The molecule has 1 aliphatic rings. The predicted octanol–water partition coefficient (Wildman–Crippen LogP) is 3.79. The average Bonchev–Trinajstić information content (AvgIpc) is 2.81. The van der Waals surface area contributed by atoms with Crippen molar-refractivity contribution in [3.8, 4) is 11.1 Å². The van der Waals surface area contributed by atoms with Gasteiger partial charge in [-0.15, -0.1) is 0 Å². The van der Waals surface area contributed by atoms with Gasteiger partial charge in [0.2, 0.25) is 11.8 Å². The van der Waals surface area contributed by atoms with Crippen molar-refractivity contribution in [1.29, 1.82) is 0 Å². The number of carbonyl (C=O) groups excluding carboxylic acids is 2. The van der Waals surface area contributed by atoms with E-state index in [2.05, 4.69) is 24.3 Å². The number of carbonyl (C=O) groups is 2. The number of hydrogen-bond donors (Lipinski definition) is 0. The van der Waals surface area contributed by atoms with Crippen LogP contribution >= 0.6 is 0 Å². The summed E-state index contributed by atoms with van der Waals surface area (Å²) in [6, 6.07) is 28.1. The van der Waals surface area contributed by atoms with Gasteiger partial charge in [-0.2, -0.15) is 0 Å². The van der Waals surface area contributed by atoms with E-state index in [0.29, 0.717) is 13.0 Å². The molecule has 1 aliphatic heterocycles. The van der Waals surface area contributed by atoms with Gasteiger partial charge in [-0.3, -0.25) is 9.59 Å². The number of piperazine rings is 1. The first-order valence-corrected chi connectivity index (χ1v) is 10.4. The molecular formula is C26H26N2O3. The summed E-state index contributed by atoms with van der Waals surface area (Å²) in [5.41, 5.74) is 4.15. The molecule has 1 heterocycles. The highest BCUT2D eigenvalue weighted by atomic mass is 16.5. The third-order valence-electron chi connectivity index (χ3n) is 5.61. The molecule has 2 amide bonds. The SMILES string of the molecule is COCC(=O)N1CC(=O)N(c2cccc(-c3ccccc3)c2)C[C@@H]1Cc1ccccc1. The Morgan fingerprint density at radius 1 is 0.935 bits per heavy atom. The summed E-state index contributed by atoms with van der Waals surface area (Å²) in [6.07, 6.45) is 0.679. The summed E-state index contributed by atoms with van der Waals surface area (Å²) in [5.74, 6) is -0.242. The minimum atomic E-state index is -0.158. The van der Waals surface area contributed by atoms with Crippen molar-refractivity contribution in [2.45, 2.75) is 12.5 Å². The molecule has 0 aliphatic carbocycles. The molecule has 1 fully saturated rings. The zero-order valence-electron chi connectivity index (χ0n) is 17.6. The van der Waals surface area contributed by atoms with Crippen molar-refractivity contribution >= 4 is 17.5 Å². The van der Waals surface area contributed by atoms with Crippen molar-refractivity contribution < 1.29 is 14.3 Å². The number of methoxy groups -OCH3 is 1. The number of hydrogen-bond acceptors (Lipinski definition) is 3. The van der Waals surface area contributed by atoms with E-state index < -0.39 is 0 Å². The van der Waals surface area contributed by atoms with Crippen LogP contribution in [0.4, 0.5) is 5.69 Å². The van der Waals surface area contributed by atoms with Gasteiger partial charge in [0, 0.05) is 19.3 Å². The van der Waals surface area contributed by atoms with Crippen LogP contribution in [0.5, 0.6) is 0 Å². The van der Waals surface area contributed by atoms with Gasteiger partial charge in [-0.25, -0.2) is 0 Å². The van der Waals surface area contributed by atoms with Gasteiger partial charge in [0.15, 0.2) is 0 Å². The highest BCUT2D eigenvalue weighted by Crippen LogP contribution is 2.27. The lowest BCUT2D eigenvalue weighted by Gasteiger charge is -2.41. The van der Waals surface area contributed by atoms with Crippen LogP contribution in [0.15, 0.2) is 84.9 Å². The summed E-state index contributed by atoms with van der Waals surface area (Å²) in [5, 5.41) is 0. The summed E-state index contributed by atoms with van der Waals surface area (Å²) in [4.78, 5) is 29.2. The Morgan fingerprint density at radius 2 is 1.61 bits per heavy atom. The van der Waals surface area contributed by atoms with E-state index in [9.17, 15) is 9.59 Å². The zero-order chi connectivity index (χ0) is 21.6. The van der Waals surface area contributed by atoms with Crippen LogP contribution in [-0.2, 0) is 20.7 Å². The van der Waals surface area contributed by atoms with Gasteiger partial charge in [-0.05, 0) is 35.2 Å². The van der Waals surface area contributed by atoms with Gasteiger partial charge >= 0.3 is 0 Å². The van der Waals surface area contributed by atoms with Crippen LogP contribution in [0, 0.1) is 0 Å². The Hall–Kier alpha value is -3.44. The zero-order valence-corrected chi connectivity index (χ0v) is 17.6. The number of benzene rings is 3. The number of anilines is 1. The second-order valence-corrected chi connectivity index (χ2v) is 7.72. The Labute approximate surface area is 182 Å². The lowest BCUT2D eigenvalue weighted by molar-refractivity contribution is -0.142. The maximum Gasteiger partial charge on any atom is 0.249 e. The van der Waals surface area contributed by atoms with Crippen LogP contribution in [0.3, 0.4) is 0 Å². The molecule has 5 heteroatoms. The third kappa shape index (κ3) is 4.84. The van der Waals surface area contributed by atoms with Crippen molar-refractivity contribution in [3.63, 3.8) is 0 Å². The monoisotopic (exact) mass is 414 g/mol. The number of rotatable bonds is 6. The minimum absolute atomic E-state index is 0.0257. The van der Waals surface area contributed by atoms with Crippen LogP contribution in [0.1, 0.15) is 5.56 Å². The van der Waals surface area contributed by atoms with E-state index in [1.807, 2.05) is 60.7 Å². The molecule has 0 spiro atoms. The van der Waals surface area contributed by atoms with Crippen LogP contribution in [-0.4, -0.2) is 49.6 Å². The number of nitrogens with zero attached hydrogens (tertiary/aromatic N) is 2. The molecule has 5 nitrogen and oxygen atoms in total. The molecular weight excluding hydrogens is 388 g/mol. The summed E-state index contributed by atoms with van der Waals surface area (Å²) >= 11 is 0. The van der Waals surface area contributed by atoms with Crippen LogP contribution in [0.25, 0.3) is 11.1 Å². The maximum atomic E-state index is 13.1. The van der Waals surface area contributed by atoms with E-state index in [0.717, 1.165) is 22.4 Å². The molecule has 158 valence electrons. The van der Waals surface area contributed by atoms with Gasteiger partial charge in [0.25, 0.3) is 0 Å². The fourth-order valence-corrected chi connectivity index (χ4v) is 4.06. The van der Waals surface area contributed by atoms with E-state index in [1.54, 1.807) is 9.80 Å². The highest BCUT2D eigenvalue weighted by Gasteiger charge is 2.35. The molecule has 3 aromatic rings. The van der Waals surface area contributed by atoms with Crippen LogP contribution < -0.4 is 4.90 Å². The maximum absolute atomic E-state index is 13.1. The van der Waals surface area contributed by atoms with E-state index in [4.69, 9.17) is 4.74 Å². The van der Waals surface area contributed by atoms with Crippen molar-refractivity contribution in [2.24, 2.45) is 0 Å². The topological polar surface area (TPSA) is 49.9 Å². The quantitative estimate of drug-likeness (QED) is 0.617. The van der Waals surface area contributed by atoms with Gasteiger partial charge in [-0.1, -0.05) is 72.8 Å². The first-order chi connectivity index (χ1) is 15.2. The lowest BCUT2D eigenvalue weighted by atomic mass is 10.00. The highest BCUT2D eigenvalue weighted by molar-refractivity contribution is 5.98. The summed E-state index contributed by atoms with van der Waals surface area (Å²) < 4.78 is 5.05. The summed E-state index contributed by atoms with van der Waals surface area (Å²) in [6.45, 7) is 0.471. The van der Waals surface area contributed by atoms with E-state index >= 15 is 0 Å². The predicted molar refractivity (Wildman–Crippen MR) is 122 cm³/mol. The molecule has 0 aromatic heterocycles. The van der Waals surface area contributed by atoms with E-state index in [-0.39, 0.29) is 31.0 Å². The smallest absolute Gasteiger partial charge is 0.249 e. The molecule has 0 N–H and O–H groups in total. The Morgan fingerprint density at radius 3 is 2.32 bits per heavy atom. The van der Waals surface area contributed by atoms with Gasteiger partial charge in [0.1, 0.15) is 13.2 Å². The van der Waals surface area contributed by atoms with Gasteiger partial charge < -0.3 is 14.5 Å². The molecule has 4 rings (SSSR count). The van der Waals surface area contributed by atoms with Crippen molar-refractivity contribution in [2.75, 3.05) is 31.7 Å². The average molecular weight is 415 g/mol. The standard InChI is InChI=1S/C26H26N2O3/c1-31-19-26(30)28-18-25(29)27(17-24(28)15-20-9-4-2-5-10-20)23-14-8-13-22(16-23)21-11-6-3-7-12-21/h2-14,16,24H,15,17-19H2,1H3/t24-/m0/s1. The van der Waals surface area contributed by atoms with Gasteiger partial charge in [0.05, 0.1) is 6.04 Å². The second-order valence-electron chi connectivity index (χ2n) is 7.72. The molecule has 0 unspecified atom stereocenters. The first kappa shape index (κ1) is 20.8. The first-order valence-electron chi connectivity index (χ1n) is 10.4. The molecule has 1 atom stereocenters. The minimum Gasteiger partial charge on any atom is -0.375 e. The summed E-state index contributed by atoms with van der Waals surface area (Å²) in [7, 11) is 1.50. The molecule has 3 aromatic carbocycles. The van der Waals surface area contributed by atoms with E-state index in [1.165, 1.54) is 7.11 Å². The Kier molecular flexibility index (Phi) is 6.43. The van der Waals surface area contributed by atoms with Crippen molar-refractivity contribution in [1.82, 2.24) is 4.90 Å². The van der Waals surface area contributed by atoms with Crippen LogP contribution in [0.2, 0.25) is 0 Å². The number of ether oxygens (including phenoxy) is 1. The Bertz CT molecular complexity index is 1040. The normalized spacial score (nSPS) is 16.4. The molecule has 31 heavy (non-hydrogen) atoms. The fraction of sp³-hybridized carbons (Fsp3) is 0.231. The number of amides is 2. The Balaban J connectivity index is 1.62. The molecule has 0 radical (unpaired) electrons. The largest absolute Gasteiger partial charge is 0.375 e. The lowest BCUT2D eigenvalue weighted by Crippen LogP contribution is -2.59. The molecule has 0 saturated carbocycles. The van der Waals surface area contributed by atoms with Crippen molar-refractivity contribution in [3.05, 3.63) is 90.5 Å². The molecule has 0 bridgehead atoms. The third-order valence-corrected chi connectivity index (χ3v) is 5.61. The fourth-order valence-electron chi connectivity index (χ4n) is 4.06. The second kappa shape index (κ2) is 9.58.